The Morgan fingerprint density at radius 1 is 0.816 bits per heavy atom. The van der Waals surface area contributed by atoms with Gasteiger partial charge in [0.15, 0.2) is 11.1 Å². The molecule has 2 heterocycles. The maximum atomic E-state index is 13.8. The maximum absolute atomic E-state index is 13.8. The van der Waals surface area contributed by atoms with Crippen molar-refractivity contribution in [2.75, 3.05) is 13.2 Å². The third-order valence-electron chi connectivity index (χ3n) is 6.56. The second-order valence-electron chi connectivity index (χ2n) is 10.0. The normalized spacial score (nSPS) is 26.3. The third-order valence-corrected chi connectivity index (χ3v) is 7.16. The van der Waals surface area contributed by atoms with Gasteiger partial charge in [0.05, 0.1) is 13.2 Å². The van der Waals surface area contributed by atoms with Crippen molar-refractivity contribution in [3.8, 4) is 0 Å². The summed E-state index contributed by atoms with van der Waals surface area (Å²) < 4.78 is 92.3. The van der Waals surface area contributed by atoms with E-state index in [1.807, 2.05) is 0 Å². The molecular weight excluding hydrogens is 532 g/mol. The summed E-state index contributed by atoms with van der Waals surface area (Å²) in [5.74, 6) is -1.52. The van der Waals surface area contributed by atoms with Gasteiger partial charge in [-0.15, -0.1) is 0 Å². The number of ether oxygens (including phenoxy) is 2. The summed E-state index contributed by atoms with van der Waals surface area (Å²) in [5.41, 5.74) is -0.431. The van der Waals surface area contributed by atoms with Crippen LogP contribution in [0.1, 0.15) is 38.8 Å². The van der Waals surface area contributed by atoms with Crippen molar-refractivity contribution in [2.24, 2.45) is 10.7 Å². The van der Waals surface area contributed by atoms with Gasteiger partial charge >= 0.3 is 0 Å². The summed E-state index contributed by atoms with van der Waals surface area (Å²) >= 11 is 5.06. The summed E-state index contributed by atoms with van der Waals surface area (Å²) in [6.45, 7) is 5.85. The zero-order chi connectivity index (χ0) is 28.5. The molecule has 0 radical (unpaired) electrons. The molecule has 2 aromatic rings. The minimum Gasteiger partial charge on any atom is -0.385 e. The molecule has 0 spiro atoms. The number of amidine groups is 1. The fraction of sp³-hybridized carbons (Fsp3) is 0.462. The van der Waals surface area contributed by atoms with Crippen molar-refractivity contribution in [1.29, 1.82) is 0 Å². The number of aliphatic imine (C=N–C) groups is 1. The molecule has 0 bridgehead atoms. The topological polar surface area (TPSA) is 68.9 Å². The molecule has 1 fully saturated rings. The minimum absolute atomic E-state index is 0.0673. The number of benzene rings is 2. The number of hydrogen-bond acceptors (Lipinski definition) is 5. The first-order valence-electron chi connectivity index (χ1n) is 11.6. The molecule has 0 amide bonds. The van der Waals surface area contributed by atoms with E-state index in [9.17, 15) is 26.3 Å². The Morgan fingerprint density at radius 3 is 1.76 bits per heavy atom. The monoisotopic (exact) mass is 561 g/mol. The lowest BCUT2D eigenvalue weighted by molar-refractivity contribution is -0.0826. The number of thiocarbonyl (C=S) groups is 1. The van der Waals surface area contributed by atoms with Crippen molar-refractivity contribution in [2.45, 2.75) is 62.8 Å². The molecule has 0 aromatic heterocycles. The van der Waals surface area contributed by atoms with Crippen LogP contribution in [-0.4, -0.2) is 48.1 Å². The van der Waals surface area contributed by atoms with E-state index in [2.05, 4.69) is 10.3 Å². The number of nitrogens with one attached hydrogen (secondary N) is 1. The van der Waals surface area contributed by atoms with E-state index in [-0.39, 0.29) is 28.6 Å². The van der Waals surface area contributed by atoms with Crippen LogP contribution in [-0.2, 0) is 20.6 Å². The average Bonchev–Trinajstić information content (AvgIpc) is 2.84. The smallest absolute Gasteiger partial charge is 0.269 e. The number of hydrogen-bond donors (Lipinski definition) is 2. The number of nitrogens with two attached hydrogens (primary N) is 1. The molecule has 0 saturated carbocycles. The van der Waals surface area contributed by atoms with E-state index >= 15 is 0 Å². The Kier molecular flexibility index (Phi) is 8.50. The molecule has 3 N–H and O–H groups in total. The maximum Gasteiger partial charge on any atom is 0.269 e. The highest BCUT2D eigenvalue weighted by Crippen LogP contribution is 2.39. The molecule has 1 saturated heterocycles. The zero-order valence-electron chi connectivity index (χ0n) is 21.2. The van der Waals surface area contributed by atoms with Gasteiger partial charge in [-0.25, -0.2) is 31.3 Å². The molecule has 208 valence electrons. The first-order chi connectivity index (χ1) is 17.6. The molecule has 0 aliphatic carbocycles. The van der Waals surface area contributed by atoms with Crippen molar-refractivity contribution < 1.29 is 35.8 Å². The highest BCUT2D eigenvalue weighted by Gasteiger charge is 2.51. The second kappa shape index (κ2) is 10.8. The second-order valence-corrected chi connectivity index (χ2v) is 10.4. The van der Waals surface area contributed by atoms with Crippen LogP contribution in [0.3, 0.4) is 0 Å². The zero-order valence-corrected chi connectivity index (χ0v) is 22.0. The van der Waals surface area contributed by atoms with E-state index < -0.39 is 53.4 Å². The molecule has 5 nitrogen and oxygen atoms in total. The molecule has 2 atom stereocenters. The minimum atomic E-state index is -2.92. The van der Waals surface area contributed by atoms with Crippen molar-refractivity contribution in [1.82, 2.24) is 5.32 Å². The number of morpholine rings is 1. The molecule has 2 aliphatic rings. The SMILES string of the molecule is CC1(C)OCC(c2ccccc2F)(C(F)F)N=C1N.CC1(C)OCC(c2ccccc2F)(C(F)F)NC1=S. The number of halogens is 6. The third kappa shape index (κ3) is 5.52. The standard InChI is InChI=1S/C13H15F3N2O.C13H14F3NOS/c1-12(2)11(17)18-13(7-19-12,10(15)16)8-5-3-4-6-9(8)14;1-12(2)11(19)17-13(7-18-12,10(15)16)8-5-3-4-6-9(8)14/h3-6,10H,7H2,1-2H3,(H2,17,18);3-6,10H,7H2,1-2H3,(H,17,19). The van der Waals surface area contributed by atoms with Gasteiger partial charge in [0.1, 0.15) is 33.7 Å². The van der Waals surface area contributed by atoms with Crippen LogP contribution in [0.4, 0.5) is 26.3 Å². The van der Waals surface area contributed by atoms with Crippen LogP contribution in [0.5, 0.6) is 0 Å². The largest absolute Gasteiger partial charge is 0.385 e. The Bertz CT molecular complexity index is 1210. The van der Waals surface area contributed by atoms with Gasteiger partial charge in [0.25, 0.3) is 12.9 Å². The van der Waals surface area contributed by atoms with Crippen molar-refractivity contribution in [3.05, 3.63) is 71.3 Å². The molecule has 2 aromatic carbocycles. The van der Waals surface area contributed by atoms with E-state index in [0.717, 1.165) is 12.1 Å². The predicted molar refractivity (Wildman–Crippen MR) is 136 cm³/mol. The van der Waals surface area contributed by atoms with Gasteiger partial charge in [-0.05, 0) is 39.8 Å². The first-order valence-corrected chi connectivity index (χ1v) is 12.0. The molecule has 2 unspecified atom stereocenters. The molecule has 12 heteroatoms. The highest BCUT2D eigenvalue weighted by atomic mass is 32.1. The van der Waals surface area contributed by atoms with Crippen LogP contribution < -0.4 is 11.1 Å². The van der Waals surface area contributed by atoms with Gasteiger partial charge < -0.3 is 20.5 Å². The summed E-state index contributed by atoms with van der Waals surface area (Å²) in [6.07, 6.45) is -5.77. The van der Waals surface area contributed by atoms with Gasteiger partial charge in [0.2, 0.25) is 0 Å². The summed E-state index contributed by atoms with van der Waals surface area (Å²) in [7, 11) is 0. The Morgan fingerprint density at radius 2 is 1.32 bits per heavy atom. The van der Waals surface area contributed by atoms with E-state index in [1.165, 1.54) is 36.4 Å². The van der Waals surface area contributed by atoms with Crippen molar-refractivity contribution in [3.63, 3.8) is 0 Å². The van der Waals surface area contributed by atoms with Crippen LogP contribution in [0, 0.1) is 11.6 Å². The summed E-state index contributed by atoms with van der Waals surface area (Å²) in [6, 6.07) is 10.7. The quantitative estimate of drug-likeness (QED) is 0.383. The van der Waals surface area contributed by atoms with Gasteiger partial charge in [-0.1, -0.05) is 48.6 Å². The van der Waals surface area contributed by atoms with E-state index in [0.29, 0.717) is 0 Å². The first kappa shape index (κ1) is 29.9. The van der Waals surface area contributed by atoms with Gasteiger partial charge in [-0.2, -0.15) is 0 Å². The van der Waals surface area contributed by atoms with E-state index in [1.54, 1.807) is 27.7 Å². The molecule has 4 rings (SSSR count). The van der Waals surface area contributed by atoms with Crippen LogP contribution >= 0.6 is 12.2 Å². The lowest BCUT2D eigenvalue weighted by atomic mass is 9.87. The molecule has 38 heavy (non-hydrogen) atoms. The molecule has 2 aliphatic heterocycles. The number of rotatable bonds is 4. The Balaban J connectivity index is 0.000000211. The van der Waals surface area contributed by atoms with Crippen LogP contribution in [0.25, 0.3) is 0 Å². The predicted octanol–water partition coefficient (Wildman–Crippen LogP) is 5.46. The van der Waals surface area contributed by atoms with Gasteiger partial charge in [-0.3, -0.25) is 0 Å². The number of nitrogens with zero attached hydrogens (tertiary/aromatic N) is 1. The van der Waals surface area contributed by atoms with Crippen LogP contribution in [0.15, 0.2) is 53.5 Å². The fourth-order valence-corrected chi connectivity index (χ4v) is 4.12. The van der Waals surface area contributed by atoms with Crippen LogP contribution in [0.2, 0.25) is 0 Å². The lowest BCUT2D eigenvalue weighted by Gasteiger charge is -2.45. The fourth-order valence-electron chi connectivity index (χ4n) is 3.88. The van der Waals surface area contributed by atoms with Crippen molar-refractivity contribution >= 4 is 23.0 Å². The summed E-state index contributed by atoms with van der Waals surface area (Å²) in [4.78, 5) is 4.02. The molecular formula is C26H29F6N3O2S. The highest BCUT2D eigenvalue weighted by molar-refractivity contribution is 7.80. The lowest BCUT2D eigenvalue weighted by Crippen LogP contribution is -2.64. The van der Waals surface area contributed by atoms with E-state index in [4.69, 9.17) is 27.4 Å². The summed E-state index contributed by atoms with van der Waals surface area (Å²) in [5, 5.41) is 2.59. The Hall–Kier alpha value is -2.70. The average molecular weight is 562 g/mol. The number of alkyl halides is 4. The Labute approximate surface area is 222 Å². The van der Waals surface area contributed by atoms with Gasteiger partial charge in [0, 0.05) is 11.1 Å².